The molecule has 3 rings (SSSR count). The van der Waals surface area contributed by atoms with Gasteiger partial charge in [-0.15, -0.1) is 10.2 Å². The van der Waals surface area contributed by atoms with Gasteiger partial charge in [0.1, 0.15) is 5.82 Å². The monoisotopic (exact) mass is 363 g/mol. The smallest absolute Gasteiger partial charge is 0.149 e. The zero-order valence-electron chi connectivity index (χ0n) is 17.1. The predicted octanol–water partition coefficient (Wildman–Crippen LogP) is 6.64. The summed E-state index contributed by atoms with van der Waals surface area (Å²) in [6.07, 6.45) is 8.31. The molecule has 1 aliphatic carbocycles. The van der Waals surface area contributed by atoms with Gasteiger partial charge in [0.25, 0.3) is 0 Å². The van der Waals surface area contributed by atoms with Crippen LogP contribution < -0.4 is 5.32 Å². The minimum absolute atomic E-state index is 0.0882. The summed E-state index contributed by atoms with van der Waals surface area (Å²) in [5.41, 5.74) is 3.68. The van der Waals surface area contributed by atoms with Crippen molar-refractivity contribution in [1.82, 2.24) is 10.2 Å². The lowest BCUT2D eigenvalue weighted by atomic mass is 9.61. The minimum atomic E-state index is 0.0882. The molecule has 1 aromatic heterocycles. The number of nitrogens with one attached hydrogen (secondary N) is 1. The normalized spacial score (nSPS) is 25.1. The maximum atomic E-state index is 4.51. The second-order valence-corrected chi connectivity index (χ2v) is 8.27. The van der Waals surface area contributed by atoms with E-state index in [4.69, 9.17) is 0 Å². The Kier molecular flexibility index (Phi) is 5.98. The molecule has 3 heteroatoms. The van der Waals surface area contributed by atoms with Crippen LogP contribution in [0.2, 0.25) is 0 Å². The van der Waals surface area contributed by atoms with Crippen molar-refractivity contribution >= 4 is 5.82 Å². The van der Waals surface area contributed by atoms with E-state index < -0.39 is 0 Å². The summed E-state index contributed by atoms with van der Waals surface area (Å²) in [4.78, 5) is 0. The molecule has 1 N–H and O–H groups in total. The van der Waals surface area contributed by atoms with Gasteiger partial charge < -0.3 is 5.32 Å². The molecule has 0 radical (unpaired) electrons. The Bertz CT molecular complexity index is 749. The molecule has 0 bridgehead atoms. The molecule has 0 saturated heterocycles. The van der Waals surface area contributed by atoms with Crippen LogP contribution in [0.15, 0.2) is 54.6 Å². The summed E-state index contributed by atoms with van der Waals surface area (Å²) in [7, 11) is 0. The van der Waals surface area contributed by atoms with E-state index in [0.717, 1.165) is 36.3 Å². The van der Waals surface area contributed by atoms with Crippen molar-refractivity contribution in [2.24, 2.45) is 5.41 Å². The van der Waals surface area contributed by atoms with E-state index in [2.05, 4.69) is 67.1 Å². The molecule has 27 heavy (non-hydrogen) atoms. The zero-order valence-corrected chi connectivity index (χ0v) is 17.1. The fourth-order valence-corrected chi connectivity index (χ4v) is 4.85. The van der Waals surface area contributed by atoms with Crippen LogP contribution in [0.1, 0.15) is 65.7 Å². The number of hydrogen-bond donors (Lipinski definition) is 1. The van der Waals surface area contributed by atoms with Crippen LogP contribution in [-0.2, 0) is 0 Å². The Morgan fingerprint density at radius 1 is 1.07 bits per heavy atom. The van der Waals surface area contributed by atoms with Crippen molar-refractivity contribution in [2.75, 3.05) is 5.32 Å². The first-order valence-electron chi connectivity index (χ1n) is 10.4. The molecule has 0 amide bonds. The van der Waals surface area contributed by atoms with E-state index in [1.54, 1.807) is 0 Å². The maximum absolute atomic E-state index is 4.51. The van der Waals surface area contributed by atoms with Crippen LogP contribution in [0.25, 0.3) is 11.3 Å². The highest BCUT2D eigenvalue weighted by molar-refractivity contribution is 5.59. The Morgan fingerprint density at radius 2 is 1.85 bits per heavy atom. The number of benzene rings is 1. The van der Waals surface area contributed by atoms with Gasteiger partial charge in [0.05, 0.1) is 5.69 Å². The molecule has 1 saturated carbocycles. The number of allylic oxidation sites excluding steroid dienone is 1. The van der Waals surface area contributed by atoms with Crippen LogP contribution in [-0.4, -0.2) is 15.7 Å². The zero-order chi connectivity index (χ0) is 19.3. The lowest BCUT2D eigenvalue weighted by Gasteiger charge is -2.49. The van der Waals surface area contributed by atoms with Crippen molar-refractivity contribution in [2.45, 2.75) is 71.3 Å². The minimum Gasteiger partial charge on any atom is -0.363 e. The van der Waals surface area contributed by atoms with Crippen LogP contribution in [0.5, 0.6) is 0 Å². The maximum Gasteiger partial charge on any atom is 0.149 e. The summed E-state index contributed by atoms with van der Waals surface area (Å²) in [5, 5.41) is 12.8. The SMILES string of the molecule is C=C(C)C1(CC)CCCC(CCC)(Nc2ccc(-c3ccccc3)nn2)C1. The molecule has 2 aromatic rings. The quantitative estimate of drug-likeness (QED) is 0.560. The van der Waals surface area contributed by atoms with Gasteiger partial charge in [0.15, 0.2) is 0 Å². The largest absolute Gasteiger partial charge is 0.363 e. The molecule has 1 fully saturated rings. The molecule has 144 valence electrons. The van der Waals surface area contributed by atoms with Crippen LogP contribution in [0, 0.1) is 5.41 Å². The van der Waals surface area contributed by atoms with Gasteiger partial charge in [0, 0.05) is 11.1 Å². The highest BCUT2D eigenvalue weighted by Gasteiger charge is 2.44. The first kappa shape index (κ1) is 19.6. The highest BCUT2D eigenvalue weighted by atomic mass is 15.2. The summed E-state index contributed by atoms with van der Waals surface area (Å²) >= 11 is 0. The van der Waals surface area contributed by atoms with Gasteiger partial charge in [-0.3, -0.25) is 0 Å². The third-order valence-electron chi connectivity index (χ3n) is 6.43. The molecular formula is C24H33N3. The fraction of sp³-hybridized carbons (Fsp3) is 0.500. The number of aromatic nitrogens is 2. The third kappa shape index (κ3) is 4.23. The fourth-order valence-electron chi connectivity index (χ4n) is 4.85. The second kappa shape index (κ2) is 8.24. The van der Waals surface area contributed by atoms with Crippen molar-refractivity contribution in [1.29, 1.82) is 0 Å². The highest BCUT2D eigenvalue weighted by Crippen LogP contribution is 2.50. The van der Waals surface area contributed by atoms with Gasteiger partial charge in [-0.1, -0.05) is 69.2 Å². The molecule has 1 aliphatic rings. The lowest BCUT2D eigenvalue weighted by Crippen LogP contribution is -2.47. The van der Waals surface area contributed by atoms with Gasteiger partial charge in [-0.2, -0.15) is 0 Å². The first-order valence-corrected chi connectivity index (χ1v) is 10.4. The Labute approximate surface area is 164 Å². The van der Waals surface area contributed by atoms with E-state index in [1.807, 2.05) is 18.2 Å². The van der Waals surface area contributed by atoms with Gasteiger partial charge in [-0.05, 0) is 56.6 Å². The summed E-state index contributed by atoms with van der Waals surface area (Å²) in [6, 6.07) is 14.4. The third-order valence-corrected chi connectivity index (χ3v) is 6.43. The van der Waals surface area contributed by atoms with Crippen molar-refractivity contribution in [3.05, 3.63) is 54.6 Å². The number of nitrogens with zero attached hydrogens (tertiary/aromatic N) is 2. The molecule has 3 nitrogen and oxygen atoms in total. The molecule has 1 heterocycles. The summed E-state index contributed by atoms with van der Waals surface area (Å²) in [5.74, 6) is 0.886. The molecule has 0 aliphatic heterocycles. The van der Waals surface area contributed by atoms with Crippen molar-refractivity contribution < 1.29 is 0 Å². The van der Waals surface area contributed by atoms with Gasteiger partial charge in [0.2, 0.25) is 0 Å². The van der Waals surface area contributed by atoms with Crippen molar-refractivity contribution in [3.63, 3.8) is 0 Å². The molecule has 0 spiro atoms. The number of hydrogen-bond acceptors (Lipinski definition) is 3. The lowest BCUT2D eigenvalue weighted by molar-refractivity contribution is 0.150. The van der Waals surface area contributed by atoms with Crippen molar-refractivity contribution in [3.8, 4) is 11.3 Å². The first-order chi connectivity index (χ1) is 13.0. The Balaban J connectivity index is 1.83. The van der Waals surface area contributed by atoms with E-state index in [-0.39, 0.29) is 11.0 Å². The summed E-state index contributed by atoms with van der Waals surface area (Å²) < 4.78 is 0. The average molecular weight is 364 g/mol. The standard InChI is InChI=1S/C24H33N3/c1-5-15-24(17-10-16-23(6-2,18-24)19(3)4)25-22-14-13-21(26-27-22)20-11-8-7-9-12-20/h7-9,11-14H,3,5-6,10,15-18H2,1-2,4H3,(H,25,27). The number of anilines is 1. The van der Waals surface area contributed by atoms with Crippen LogP contribution in [0.3, 0.4) is 0 Å². The van der Waals surface area contributed by atoms with Crippen LogP contribution >= 0.6 is 0 Å². The molecular weight excluding hydrogens is 330 g/mol. The molecule has 1 aromatic carbocycles. The molecule has 2 unspecified atom stereocenters. The molecule has 2 atom stereocenters. The predicted molar refractivity (Wildman–Crippen MR) is 115 cm³/mol. The summed E-state index contributed by atoms with van der Waals surface area (Å²) in [6.45, 7) is 11.1. The topological polar surface area (TPSA) is 37.8 Å². The van der Waals surface area contributed by atoms with Gasteiger partial charge in [-0.25, -0.2) is 0 Å². The average Bonchev–Trinajstić information content (AvgIpc) is 2.69. The Hall–Kier alpha value is -2.16. The van der Waals surface area contributed by atoms with Crippen LogP contribution in [0.4, 0.5) is 5.82 Å². The van der Waals surface area contributed by atoms with Gasteiger partial charge >= 0.3 is 0 Å². The Morgan fingerprint density at radius 3 is 2.44 bits per heavy atom. The number of rotatable bonds is 7. The second-order valence-electron chi connectivity index (χ2n) is 8.27. The van der Waals surface area contributed by atoms with E-state index in [0.29, 0.717) is 0 Å². The van der Waals surface area contributed by atoms with E-state index in [9.17, 15) is 0 Å². The van der Waals surface area contributed by atoms with E-state index >= 15 is 0 Å². The van der Waals surface area contributed by atoms with E-state index in [1.165, 1.54) is 31.3 Å².